The third-order valence-electron chi connectivity index (χ3n) is 5.73. The van der Waals surface area contributed by atoms with E-state index in [2.05, 4.69) is 0 Å². The molecule has 0 saturated heterocycles. The Morgan fingerprint density at radius 1 is 0.912 bits per heavy atom. The number of ether oxygens (including phenoxy) is 3. The molecular weight excluding hydrogens is 428 g/mol. The Bertz CT molecular complexity index is 1300. The molecule has 0 saturated carbocycles. The fraction of sp³-hybridized carbons (Fsp3) is 0.172. The van der Waals surface area contributed by atoms with Crippen molar-refractivity contribution in [3.8, 4) is 11.5 Å². The van der Waals surface area contributed by atoms with Gasteiger partial charge in [-0.25, -0.2) is 9.59 Å². The molecule has 0 unspecified atom stereocenters. The number of esters is 2. The summed E-state index contributed by atoms with van der Waals surface area (Å²) in [6.07, 6.45) is 3.97. The van der Waals surface area contributed by atoms with Gasteiger partial charge < -0.3 is 14.2 Å². The summed E-state index contributed by atoms with van der Waals surface area (Å²) in [5, 5.41) is 0. The Morgan fingerprint density at radius 3 is 2.12 bits per heavy atom. The molecule has 4 rings (SSSR count). The molecule has 3 aromatic rings. The van der Waals surface area contributed by atoms with Crippen molar-refractivity contribution in [3.05, 3.63) is 99.6 Å². The highest BCUT2D eigenvalue weighted by atomic mass is 16.5. The van der Waals surface area contributed by atoms with E-state index in [1.165, 1.54) is 7.11 Å². The van der Waals surface area contributed by atoms with Gasteiger partial charge in [-0.05, 0) is 49.3 Å². The van der Waals surface area contributed by atoms with E-state index in [1.54, 1.807) is 19.3 Å². The summed E-state index contributed by atoms with van der Waals surface area (Å²) >= 11 is 0. The number of benzene rings is 3. The van der Waals surface area contributed by atoms with Crippen LogP contribution < -0.4 is 9.47 Å². The molecule has 5 nitrogen and oxygen atoms in total. The number of carbonyl (C=O) groups excluding carboxylic acids is 2. The number of fused-ring (bicyclic) bond motifs is 1. The Labute approximate surface area is 199 Å². The van der Waals surface area contributed by atoms with Crippen LogP contribution in [0.3, 0.4) is 0 Å². The topological polar surface area (TPSA) is 61.8 Å². The van der Waals surface area contributed by atoms with Crippen LogP contribution in [0.15, 0.2) is 66.2 Å². The molecule has 3 aromatic carbocycles. The van der Waals surface area contributed by atoms with Gasteiger partial charge in [0.1, 0.15) is 11.5 Å². The van der Waals surface area contributed by atoms with Crippen LogP contribution >= 0.6 is 0 Å². The van der Waals surface area contributed by atoms with Crippen molar-refractivity contribution < 1.29 is 23.8 Å². The summed E-state index contributed by atoms with van der Waals surface area (Å²) in [6, 6.07) is 19.2. The van der Waals surface area contributed by atoms with Crippen LogP contribution in [0.1, 0.15) is 33.4 Å². The predicted molar refractivity (Wildman–Crippen MR) is 133 cm³/mol. The first-order valence-corrected chi connectivity index (χ1v) is 11.0. The van der Waals surface area contributed by atoms with E-state index >= 15 is 0 Å². The summed E-state index contributed by atoms with van der Waals surface area (Å²) in [5.41, 5.74) is 6.19. The molecule has 1 aliphatic heterocycles. The lowest BCUT2D eigenvalue weighted by Crippen LogP contribution is -2.20. The number of carbonyl (C=O) groups is 2. The van der Waals surface area contributed by atoms with Gasteiger partial charge in [-0.2, -0.15) is 0 Å². The van der Waals surface area contributed by atoms with E-state index < -0.39 is 11.9 Å². The zero-order valence-corrected chi connectivity index (χ0v) is 19.7. The molecule has 0 radical (unpaired) electrons. The Kier molecular flexibility index (Phi) is 6.64. The third-order valence-corrected chi connectivity index (χ3v) is 5.73. The maximum Gasteiger partial charge on any atom is 0.339 e. The second-order valence-corrected chi connectivity index (χ2v) is 8.27. The van der Waals surface area contributed by atoms with Gasteiger partial charge in [-0.1, -0.05) is 59.7 Å². The minimum absolute atomic E-state index is 0.308. The first-order valence-electron chi connectivity index (χ1n) is 11.0. The van der Waals surface area contributed by atoms with Crippen LogP contribution in [0.4, 0.5) is 0 Å². The first-order chi connectivity index (χ1) is 16.4. The van der Waals surface area contributed by atoms with Crippen LogP contribution in [-0.4, -0.2) is 26.2 Å². The van der Waals surface area contributed by atoms with E-state index in [1.807, 2.05) is 74.5 Å². The normalized spacial score (nSPS) is 14.4. The van der Waals surface area contributed by atoms with Gasteiger partial charge in [0.25, 0.3) is 0 Å². The van der Waals surface area contributed by atoms with Gasteiger partial charge in [0, 0.05) is 23.1 Å². The van der Waals surface area contributed by atoms with Crippen molar-refractivity contribution in [1.29, 1.82) is 0 Å². The SMILES string of the molecule is COC(=O)/C(=C/c1ccc(C)cc1)c1cc2c(cc1OC)C/C(=C\c1ccc(C)cc1)C(=O)O2. The second kappa shape index (κ2) is 9.79. The smallest absolute Gasteiger partial charge is 0.339 e. The van der Waals surface area contributed by atoms with Crippen LogP contribution in [0, 0.1) is 13.8 Å². The highest BCUT2D eigenvalue weighted by Gasteiger charge is 2.27. The summed E-state index contributed by atoms with van der Waals surface area (Å²) in [5.74, 6) is -0.0250. The van der Waals surface area contributed by atoms with E-state index in [0.717, 1.165) is 27.8 Å². The van der Waals surface area contributed by atoms with Crippen LogP contribution in [0.5, 0.6) is 11.5 Å². The van der Waals surface area contributed by atoms with Crippen LogP contribution in [-0.2, 0) is 20.7 Å². The molecule has 0 spiro atoms. The zero-order valence-electron chi connectivity index (χ0n) is 19.7. The number of hydrogen-bond acceptors (Lipinski definition) is 5. The van der Waals surface area contributed by atoms with Gasteiger partial charge in [-0.3, -0.25) is 0 Å². The fourth-order valence-corrected chi connectivity index (χ4v) is 3.82. The number of aryl methyl sites for hydroxylation is 2. The largest absolute Gasteiger partial charge is 0.496 e. The van der Waals surface area contributed by atoms with Crippen molar-refractivity contribution in [1.82, 2.24) is 0 Å². The monoisotopic (exact) mass is 454 g/mol. The Balaban J connectivity index is 1.75. The molecule has 0 bridgehead atoms. The molecule has 172 valence electrons. The molecule has 0 atom stereocenters. The minimum Gasteiger partial charge on any atom is -0.496 e. The summed E-state index contributed by atoms with van der Waals surface area (Å²) in [7, 11) is 2.88. The summed E-state index contributed by atoms with van der Waals surface area (Å²) in [4.78, 5) is 25.4. The molecule has 0 fully saturated rings. The van der Waals surface area contributed by atoms with Crippen molar-refractivity contribution >= 4 is 29.7 Å². The van der Waals surface area contributed by atoms with Gasteiger partial charge in [-0.15, -0.1) is 0 Å². The lowest BCUT2D eigenvalue weighted by Gasteiger charge is -2.21. The van der Waals surface area contributed by atoms with Crippen molar-refractivity contribution in [2.24, 2.45) is 0 Å². The van der Waals surface area contributed by atoms with Crippen molar-refractivity contribution in [2.75, 3.05) is 14.2 Å². The van der Waals surface area contributed by atoms with Crippen molar-refractivity contribution in [2.45, 2.75) is 20.3 Å². The highest BCUT2D eigenvalue weighted by Crippen LogP contribution is 2.38. The van der Waals surface area contributed by atoms with Gasteiger partial charge in [0.15, 0.2) is 0 Å². The standard InChI is InChI=1S/C29H26O5/c1-18-5-9-20(10-6-18)13-23-15-22-16-27(32-3)24(17-26(22)34-28(23)30)25(29(31)33-4)14-21-11-7-19(2)8-12-21/h5-14,16-17H,15H2,1-4H3/b23-13+,25-14+. The van der Waals surface area contributed by atoms with Crippen LogP contribution in [0.2, 0.25) is 0 Å². The average Bonchev–Trinajstić information content (AvgIpc) is 2.84. The first kappa shape index (κ1) is 23.1. The quantitative estimate of drug-likeness (QED) is 0.218. The molecule has 1 heterocycles. The summed E-state index contributed by atoms with van der Waals surface area (Å²) < 4.78 is 16.3. The van der Waals surface area contributed by atoms with E-state index in [-0.39, 0.29) is 0 Å². The second-order valence-electron chi connectivity index (χ2n) is 8.27. The average molecular weight is 455 g/mol. The summed E-state index contributed by atoms with van der Waals surface area (Å²) in [6.45, 7) is 4.01. The third kappa shape index (κ3) is 4.94. The molecule has 1 aliphatic rings. The molecular formula is C29H26O5. The number of rotatable bonds is 5. The fourth-order valence-electron chi connectivity index (χ4n) is 3.82. The Morgan fingerprint density at radius 2 is 1.53 bits per heavy atom. The number of hydrogen-bond donors (Lipinski definition) is 0. The van der Waals surface area contributed by atoms with Crippen molar-refractivity contribution in [3.63, 3.8) is 0 Å². The van der Waals surface area contributed by atoms with Crippen LogP contribution in [0.25, 0.3) is 17.7 Å². The van der Waals surface area contributed by atoms with Gasteiger partial charge >= 0.3 is 11.9 Å². The highest BCUT2D eigenvalue weighted by molar-refractivity contribution is 6.22. The maximum atomic E-state index is 12.7. The van der Waals surface area contributed by atoms with E-state index in [4.69, 9.17) is 14.2 Å². The molecule has 0 N–H and O–H groups in total. The number of methoxy groups -OCH3 is 2. The molecule has 34 heavy (non-hydrogen) atoms. The molecule has 0 aliphatic carbocycles. The Hall–Kier alpha value is -4.12. The minimum atomic E-state index is -0.513. The maximum absolute atomic E-state index is 12.7. The van der Waals surface area contributed by atoms with Gasteiger partial charge in [0.2, 0.25) is 0 Å². The lowest BCUT2D eigenvalue weighted by atomic mass is 9.94. The van der Waals surface area contributed by atoms with Gasteiger partial charge in [0.05, 0.1) is 19.8 Å². The predicted octanol–water partition coefficient (Wildman–Crippen LogP) is 5.57. The van der Waals surface area contributed by atoms with E-state index in [9.17, 15) is 9.59 Å². The lowest BCUT2D eigenvalue weighted by molar-refractivity contribution is -0.133. The van der Waals surface area contributed by atoms with E-state index in [0.29, 0.717) is 34.6 Å². The molecule has 0 amide bonds. The molecule has 0 aromatic heterocycles. The molecule has 5 heteroatoms. The zero-order chi connectivity index (χ0) is 24.2.